The molecule has 0 amide bonds. The summed E-state index contributed by atoms with van der Waals surface area (Å²) in [6, 6.07) is 14.3. The summed E-state index contributed by atoms with van der Waals surface area (Å²) in [7, 11) is 0. The molecule has 3 heteroatoms. The molecule has 0 saturated heterocycles. The molecule has 0 fully saturated rings. The molecule has 0 spiro atoms. The zero-order valence-electron chi connectivity index (χ0n) is 15.3. The molecule has 0 heterocycles. The normalized spacial score (nSPS) is 11.8. The van der Waals surface area contributed by atoms with Gasteiger partial charge in [-0.15, -0.1) is 0 Å². The van der Waals surface area contributed by atoms with Crippen LogP contribution in [0.5, 0.6) is 11.5 Å². The van der Waals surface area contributed by atoms with Gasteiger partial charge in [-0.3, -0.25) is 0 Å². The zero-order chi connectivity index (χ0) is 17.4. The predicted molar refractivity (Wildman–Crippen MR) is 101 cm³/mol. The lowest BCUT2D eigenvalue weighted by molar-refractivity contribution is 0.231. The number of hydrogen-bond donors (Lipinski definition) is 1. The molecule has 0 saturated carbocycles. The maximum Gasteiger partial charge on any atom is 0.125 e. The quantitative estimate of drug-likeness (QED) is 0.629. The van der Waals surface area contributed by atoms with E-state index in [-0.39, 0.29) is 6.10 Å². The number of nitrogens with one attached hydrogen (secondary N) is 1. The second kappa shape index (κ2) is 9.21. The SMILES string of the molecule is CCCCOc1cccc(NCC(C)Oc2c(C)cccc2C)c1. The van der Waals surface area contributed by atoms with Gasteiger partial charge in [0.15, 0.2) is 0 Å². The lowest BCUT2D eigenvalue weighted by Crippen LogP contribution is -2.23. The highest BCUT2D eigenvalue weighted by atomic mass is 16.5. The summed E-state index contributed by atoms with van der Waals surface area (Å²) in [5.74, 6) is 1.90. The first kappa shape index (κ1) is 18.2. The molecule has 0 bridgehead atoms. The Balaban J connectivity index is 1.87. The van der Waals surface area contributed by atoms with Gasteiger partial charge in [0.05, 0.1) is 13.2 Å². The third-order valence-electron chi connectivity index (χ3n) is 3.92. The number of aryl methyl sites for hydroxylation is 2. The fraction of sp³-hybridized carbons (Fsp3) is 0.429. The Labute approximate surface area is 146 Å². The Kier molecular flexibility index (Phi) is 6.98. The summed E-state index contributed by atoms with van der Waals surface area (Å²) in [4.78, 5) is 0. The van der Waals surface area contributed by atoms with E-state index < -0.39 is 0 Å². The van der Waals surface area contributed by atoms with Crippen LogP contribution in [0.15, 0.2) is 42.5 Å². The molecule has 0 aliphatic heterocycles. The van der Waals surface area contributed by atoms with Crippen molar-refractivity contribution in [1.29, 1.82) is 0 Å². The fourth-order valence-electron chi connectivity index (χ4n) is 2.52. The van der Waals surface area contributed by atoms with Crippen LogP contribution in [-0.2, 0) is 0 Å². The van der Waals surface area contributed by atoms with Gasteiger partial charge in [0.1, 0.15) is 17.6 Å². The summed E-state index contributed by atoms with van der Waals surface area (Å²) in [5, 5.41) is 3.43. The van der Waals surface area contributed by atoms with Crippen molar-refractivity contribution in [3.63, 3.8) is 0 Å². The smallest absolute Gasteiger partial charge is 0.125 e. The van der Waals surface area contributed by atoms with E-state index in [1.165, 1.54) is 11.1 Å². The van der Waals surface area contributed by atoms with Crippen LogP contribution in [0.2, 0.25) is 0 Å². The first-order valence-corrected chi connectivity index (χ1v) is 8.79. The second-order valence-electron chi connectivity index (χ2n) is 6.26. The minimum Gasteiger partial charge on any atom is -0.494 e. The first-order valence-electron chi connectivity index (χ1n) is 8.79. The highest BCUT2D eigenvalue weighted by molar-refractivity contribution is 5.48. The van der Waals surface area contributed by atoms with Gasteiger partial charge in [0, 0.05) is 11.8 Å². The van der Waals surface area contributed by atoms with Crippen molar-refractivity contribution < 1.29 is 9.47 Å². The minimum atomic E-state index is 0.0782. The number of rotatable bonds is 9. The lowest BCUT2D eigenvalue weighted by atomic mass is 10.1. The molecule has 2 aromatic rings. The molecule has 3 nitrogen and oxygen atoms in total. The van der Waals surface area contributed by atoms with Crippen LogP contribution in [0.3, 0.4) is 0 Å². The van der Waals surface area contributed by atoms with Crippen LogP contribution < -0.4 is 14.8 Å². The molecule has 2 rings (SSSR count). The Hall–Kier alpha value is -2.16. The highest BCUT2D eigenvalue weighted by Gasteiger charge is 2.09. The van der Waals surface area contributed by atoms with E-state index in [1.54, 1.807) is 0 Å². The minimum absolute atomic E-state index is 0.0782. The van der Waals surface area contributed by atoms with Crippen molar-refractivity contribution in [2.45, 2.75) is 46.6 Å². The number of ether oxygens (including phenoxy) is 2. The van der Waals surface area contributed by atoms with Gasteiger partial charge in [-0.1, -0.05) is 37.6 Å². The number of benzene rings is 2. The van der Waals surface area contributed by atoms with E-state index in [2.05, 4.69) is 57.3 Å². The van der Waals surface area contributed by atoms with E-state index in [1.807, 2.05) is 18.2 Å². The molecule has 0 radical (unpaired) electrons. The highest BCUT2D eigenvalue weighted by Crippen LogP contribution is 2.24. The van der Waals surface area contributed by atoms with Crippen molar-refractivity contribution in [1.82, 2.24) is 0 Å². The Morgan fingerprint density at radius 3 is 2.46 bits per heavy atom. The molecule has 1 atom stereocenters. The van der Waals surface area contributed by atoms with E-state index in [4.69, 9.17) is 9.47 Å². The molecule has 0 aliphatic carbocycles. The van der Waals surface area contributed by atoms with Gasteiger partial charge in [-0.2, -0.15) is 0 Å². The average molecular weight is 327 g/mol. The largest absolute Gasteiger partial charge is 0.494 e. The monoisotopic (exact) mass is 327 g/mol. The molecule has 0 aromatic heterocycles. The number of unbranched alkanes of at least 4 members (excludes halogenated alkanes) is 1. The summed E-state index contributed by atoms with van der Waals surface area (Å²) in [5.41, 5.74) is 3.40. The molecule has 0 aliphatic rings. The Morgan fingerprint density at radius 1 is 1.04 bits per heavy atom. The maximum absolute atomic E-state index is 6.11. The van der Waals surface area contributed by atoms with Crippen molar-refractivity contribution in [2.24, 2.45) is 0 Å². The Morgan fingerprint density at radius 2 is 1.75 bits per heavy atom. The first-order chi connectivity index (χ1) is 11.6. The number of para-hydroxylation sites is 1. The number of anilines is 1. The molecule has 1 N–H and O–H groups in total. The van der Waals surface area contributed by atoms with Crippen molar-refractivity contribution in [2.75, 3.05) is 18.5 Å². The summed E-state index contributed by atoms with van der Waals surface area (Å²) in [6.45, 7) is 9.93. The standard InChI is InChI=1S/C21H29NO2/c1-5-6-13-23-20-12-8-11-19(14-20)22-15-18(4)24-21-16(2)9-7-10-17(21)3/h7-12,14,18,22H,5-6,13,15H2,1-4H3. The van der Waals surface area contributed by atoms with Crippen LogP contribution >= 0.6 is 0 Å². The van der Waals surface area contributed by atoms with Crippen molar-refractivity contribution in [3.8, 4) is 11.5 Å². The summed E-state index contributed by atoms with van der Waals surface area (Å²) >= 11 is 0. The molecule has 1 unspecified atom stereocenters. The molecule has 24 heavy (non-hydrogen) atoms. The van der Waals surface area contributed by atoms with E-state index in [0.717, 1.165) is 43.2 Å². The topological polar surface area (TPSA) is 30.5 Å². The van der Waals surface area contributed by atoms with Crippen molar-refractivity contribution in [3.05, 3.63) is 53.6 Å². The van der Waals surface area contributed by atoms with Crippen LogP contribution in [0.4, 0.5) is 5.69 Å². The number of hydrogen-bond acceptors (Lipinski definition) is 3. The van der Waals surface area contributed by atoms with Gasteiger partial charge in [-0.05, 0) is 50.5 Å². The van der Waals surface area contributed by atoms with Crippen LogP contribution in [0, 0.1) is 13.8 Å². The van der Waals surface area contributed by atoms with E-state index >= 15 is 0 Å². The third-order valence-corrected chi connectivity index (χ3v) is 3.92. The van der Waals surface area contributed by atoms with E-state index in [0.29, 0.717) is 0 Å². The Bertz CT molecular complexity index is 619. The zero-order valence-corrected chi connectivity index (χ0v) is 15.3. The third kappa shape index (κ3) is 5.48. The molecular weight excluding hydrogens is 298 g/mol. The van der Waals surface area contributed by atoms with Crippen LogP contribution in [0.25, 0.3) is 0 Å². The van der Waals surface area contributed by atoms with Crippen LogP contribution in [-0.4, -0.2) is 19.3 Å². The van der Waals surface area contributed by atoms with Crippen LogP contribution in [0.1, 0.15) is 37.8 Å². The lowest BCUT2D eigenvalue weighted by Gasteiger charge is -2.19. The second-order valence-corrected chi connectivity index (χ2v) is 6.26. The summed E-state index contributed by atoms with van der Waals surface area (Å²) in [6.07, 6.45) is 2.30. The molecular formula is C21H29NO2. The van der Waals surface area contributed by atoms with Gasteiger partial charge < -0.3 is 14.8 Å². The van der Waals surface area contributed by atoms with Gasteiger partial charge in [0.2, 0.25) is 0 Å². The van der Waals surface area contributed by atoms with E-state index in [9.17, 15) is 0 Å². The average Bonchev–Trinajstić information content (AvgIpc) is 2.57. The van der Waals surface area contributed by atoms with Gasteiger partial charge in [-0.25, -0.2) is 0 Å². The molecule has 2 aromatic carbocycles. The maximum atomic E-state index is 6.11. The van der Waals surface area contributed by atoms with Crippen molar-refractivity contribution >= 4 is 5.69 Å². The van der Waals surface area contributed by atoms with Gasteiger partial charge in [0.25, 0.3) is 0 Å². The molecule has 130 valence electrons. The predicted octanol–water partition coefficient (Wildman–Crippen LogP) is 5.36. The summed E-state index contributed by atoms with van der Waals surface area (Å²) < 4.78 is 11.9. The fourth-order valence-corrected chi connectivity index (χ4v) is 2.52. The van der Waals surface area contributed by atoms with Gasteiger partial charge >= 0.3 is 0 Å².